The minimum atomic E-state index is -0.539. The molecule has 0 aliphatic rings. The van der Waals surface area contributed by atoms with Gasteiger partial charge < -0.3 is 20.7 Å². The highest BCUT2D eigenvalue weighted by molar-refractivity contribution is 5.96. The third-order valence-corrected chi connectivity index (χ3v) is 3.65. The molecule has 3 N–H and O–H groups in total. The van der Waals surface area contributed by atoms with Crippen molar-refractivity contribution < 1.29 is 23.5 Å². The van der Waals surface area contributed by atoms with E-state index in [9.17, 15) is 18.8 Å². The van der Waals surface area contributed by atoms with Crippen LogP contribution >= 0.6 is 0 Å². The summed E-state index contributed by atoms with van der Waals surface area (Å²) >= 11 is 0. The van der Waals surface area contributed by atoms with E-state index in [1.54, 1.807) is 42.5 Å². The van der Waals surface area contributed by atoms with E-state index in [-0.39, 0.29) is 31.4 Å². The molecule has 0 aliphatic heterocycles. The van der Waals surface area contributed by atoms with Gasteiger partial charge in [0.2, 0.25) is 5.91 Å². The van der Waals surface area contributed by atoms with Gasteiger partial charge in [0.1, 0.15) is 12.4 Å². The van der Waals surface area contributed by atoms with Crippen LogP contribution in [0.1, 0.15) is 15.9 Å². The third-order valence-electron chi connectivity index (χ3n) is 3.65. The molecule has 2 aromatic carbocycles. The summed E-state index contributed by atoms with van der Waals surface area (Å²) in [5.74, 6) is -1.61. The predicted octanol–water partition coefficient (Wildman–Crippen LogP) is 1.46. The number of anilines is 1. The molecule has 0 aliphatic carbocycles. The molecule has 0 bridgehead atoms. The fraction of sp³-hybridized carbons (Fsp3) is 0.211. The molecule has 0 saturated carbocycles. The summed E-state index contributed by atoms with van der Waals surface area (Å²) < 4.78 is 17.9. The van der Waals surface area contributed by atoms with E-state index in [2.05, 4.69) is 20.7 Å². The van der Waals surface area contributed by atoms with Crippen molar-refractivity contribution in [1.29, 1.82) is 0 Å². The van der Waals surface area contributed by atoms with Gasteiger partial charge in [-0.25, -0.2) is 4.39 Å². The molecule has 0 radical (unpaired) electrons. The number of amides is 2. The van der Waals surface area contributed by atoms with Gasteiger partial charge in [-0.15, -0.1) is 0 Å². The van der Waals surface area contributed by atoms with Crippen molar-refractivity contribution >= 4 is 23.5 Å². The summed E-state index contributed by atoms with van der Waals surface area (Å²) in [5.41, 5.74) is 1.42. The molecule has 27 heavy (non-hydrogen) atoms. The van der Waals surface area contributed by atoms with Crippen LogP contribution in [0.4, 0.5) is 10.1 Å². The number of rotatable bonds is 8. The molecule has 8 heteroatoms. The lowest BCUT2D eigenvalue weighted by Gasteiger charge is -2.09. The van der Waals surface area contributed by atoms with Crippen LogP contribution in [0.25, 0.3) is 0 Å². The predicted molar refractivity (Wildman–Crippen MR) is 97.5 cm³/mol. The average molecular weight is 373 g/mol. The second-order valence-corrected chi connectivity index (χ2v) is 5.56. The average Bonchev–Trinajstić information content (AvgIpc) is 2.70. The Morgan fingerprint density at radius 3 is 2.33 bits per heavy atom. The first-order valence-electron chi connectivity index (χ1n) is 8.18. The largest absolute Gasteiger partial charge is 0.468 e. The first kappa shape index (κ1) is 19.9. The first-order valence-corrected chi connectivity index (χ1v) is 8.18. The molecular formula is C19H20FN3O4. The Hall–Kier alpha value is -3.42. The smallest absolute Gasteiger partial charge is 0.325 e. The lowest BCUT2D eigenvalue weighted by Crippen LogP contribution is -2.30. The molecule has 0 spiro atoms. The summed E-state index contributed by atoms with van der Waals surface area (Å²) in [7, 11) is 1.24. The van der Waals surface area contributed by atoms with E-state index in [4.69, 9.17) is 0 Å². The molecule has 0 atom stereocenters. The zero-order valence-corrected chi connectivity index (χ0v) is 14.8. The molecule has 2 amide bonds. The van der Waals surface area contributed by atoms with Crippen LogP contribution in [0.5, 0.6) is 0 Å². The maximum absolute atomic E-state index is 13.5. The number of carbonyl (C=O) groups is 3. The summed E-state index contributed by atoms with van der Waals surface area (Å²) in [6.45, 7) is -0.105. The van der Waals surface area contributed by atoms with Crippen LogP contribution in [0.2, 0.25) is 0 Å². The van der Waals surface area contributed by atoms with Gasteiger partial charge in [-0.3, -0.25) is 14.4 Å². The molecule has 2 aromatic rings. The Balaban J connectivity index is 1.77. The number of ether oxygens (including phenoxy) is 1. The minimum absolute atomic E-state index is 0.00232. The van der Waals surface area contributed by atoms with Gasteiger partial charge in [-0.1, -0.05) is 18.2 Å². The molecule has 0 fully saturated rings. The van der Waals surface area contributed by atoms with Crippen LogP contribution in [0, 0.1) is 5.82 Å². The Bertz CT molecular complexity index is 809. The molecule has 2 rings (SSSR count). The zero-order chi connectivity index (χ0) is 19.6. The number of benzene rings is 2. The van der Waals surface area contributed by atoms with Crippen molar-refractivity contribution in [3.05, 3.63) is 65.5 Å². The first-order chi connectivity index (χ1) is 13.0. The van der Waals surface area contributed by atoms with Gasteiger partial charge in [-0.2, -0.15) is 0 Å². The normalized spacial score (nSPS) is 10.0. The summed E-state index contributed by atoms with van der Waals surface area (Å²) in [6.07, 6.45) is 0. The molecule has 7 nitrogen and oxygen atoms in total. The Morgan fingerprint density at radius 1 is 0.963 bits per heavy atom. The SMILES string of the molecule is COC(=O)CNC(=O)c1ccc(NCC(=O)NCc2ccccc2F)cc1. The molecule has 142 valence electrons. The molecule has 0 unspecified atom stereocenters. The highest BCUT2D eigenvalue weighted by atomic mass is 19.1. The van der Waals surface area contributed by atoms with Crippen molar-refractivity contribution in [1.82, 2.24) is 10.6 Å². The van der Waals surface area contributed by atoms with E-state index in [1.165, 1.54) is 13.2 Å². The van der Waals surface area contributed by atoms with Gasteiger partial charge in [0.25, 0.3) is 5.91 Å². The van der Waals surface area contributed by atoms with Gasteiger partial charge in [0.15, 0.2) is 0 Å². The van der Waals surface area contributed by atoms with E-state index in [0.29, 0.717) is 16.8 Å². The highest BCUT2D eigenvalue weighted by Crippen LogP contribution is 2.09. The number of nitrogens with one attached hydrogen (secondary N) is 3. The second kappa shape index (κ2) is 9.91. The van der Waals surface area contributed by atoms with Crippen LogP contribution in [-0.4, -0.2) is 38.0 Å². The molecule has 0 aromatic heterocycles. The Labute approximate surface area is 155 Å². The number of esters is 1. The third kappa shape index (κ3) is 6.43. The van der Waals surface area contributed by atoms with Crippen molar-refractivity contribution in [3.8, 4) is 0 Å². The van der Waals surface area contributed by atoms with Gasteiger partial charge in [0, 0.05) is 23.4 Å². The monoisotopic (exact) mass is 373 g/mol. The molecule has 0 heterocycles. The molecular weight excluding hydrogens is 353 g/mol. The van der Waals surface area contributed by atoms with E-state index in [0.717, 1.165) is 0 Å². The number of hydrogen-bond acceptors (Lipinski definition) is 5. The van der Waals surface area contributed by atoms with Crippen molar-refractivity contribution in [2.45, 2.75) is 6.54 Å². The minimum Gasteiger partial charge on any atom is -0.468 e. The Morgan fingerprint density at radius 2 is 1.67 bits per heavy atom. The fourth-order valence-electron chi connectivity index (χ4n) is 2.15. The number of hydrogen-bond donors (Lipinski definition) is 3. The Kier molecular flexibility index (Phi) is 7.30. The quantitative estimate of drug-likeness (QED) is 0.609. The van der Waals surface area contributed by atoms with Gasteiger partial charge in [-0.05, 0) is 30.3 Å². The highest BCUT2D eigenvalue weighted by Gasteiger charge is 2.08. The van der Waals surface area contributed by atoms with Crippen molar-refractivity contribution in [2.75, 3.05) is 25.5 Å². The number of halogens is 1. The summed E-state index contributed by atoms with van der Waals surface area (Å²) in [4.78, 5) is 34.7. The van der Waals surface area contributed by atoms with Crippen LogP contribution < -0.4 is 16.0 Å². The number of methoxy groups -OCH3 is 1. The van der Waals surface area contributed by atoms with Crippen molar-refractivity contribution in [3.63, 3.8) is 0 Å². The van der Waals surface area contributed by atoms with E-state index >= 15 is 0 Å². The topological polar surface area (TPSA) is 96.5 Å². The van der Waals surface area contributed by atoms with Crippen LogP contribution in [-0.2, 0) is 20.9 Å². The second-order valence-electron chi connectivity index (χ2n) is 5.56. The van der Waals surface area contributed by atoms with Gasteiger partial charge >= 0.3 is 5.97 Å². The summed E-state index contributed by atoms with van der Waals surface area (Å²) in [6, 6.07) is 12.6. The van der Waals surface area contributed by atoms with Gasteiger partial charge in [0.05, 0.1) is 13.7 Å². The lowest BCUT2D eigenvalue weighted by atomic mass is 10.2. The maximum Gasteiger partial charge on any atom is 0.325 e. The lowest BCUT2D eigenvalue weighted by molar-refractivity contribution is -0.139. The van der Waals surface area contributed by atoms with Crippen molar-refractivity contribution in [2.24, 2.45) is 0 Å². The number of carbonyl (C=O) groups excluding carboxylic acids is 3. The van der Waals surface area contributed by atoms with E-state index < -0.39 is 11.9 Å². The zero-order valence-electron chi connectivity index (χ0n) is 14.8. The van der Waals surface area contributed by atoms with E-state index in [1.807, 2.05) is 0 Å². The molecule has 0 saturated heterocycles. The fourth-order valence-corrected chi connectivity index (χ4v) is 2.15. The van der Waals surface area contributed by atoms with Crippen LogP contribution in [0.15, 0.2) is 48.5 Å². The standard InChI is InChI=1S/C19H20FN3O4/c1-27-18(25)12-23-19(26)13-6-8-15(9-7-13)21-11-17(24)22-10-14-4-2-3-5-16(14)20/h2-9,21H,10-12H2,1H3,(H,22,24)(H,23,26). The van der Waals surface area contributed by atoms with Crippen LogP contribution in [0.3, 0.4) is 0 Å². The summed E-state index contributed by atoms with van der Waals surface area (Å²) in [5, 5.41) is 7.96. The maximum atomic E-state index is 13.5.